The topological polar surface area (TPSA) is 67.2 Å². The molecule has 0 amide bonds. The van der Waals surface area contributed by atoms with Crippen molar-refractivity contribution in [2.45, 2.75) is 44.8 Å². The molecule has 3 heterocycles. The fourth-order valence-electron chi connectivity index (χ4n) is 3.29. The van der Waals surface area contributed by atoms with Crippen molar-refractivity contribution in [3.05, 3.63) is 11.8 Å². The van der Waals surface area contributed by atoms with E-state index in [0.29, 0.717) is 5.69 Å². The van der Waals surface area contributed by atoms with Crippen LogP contribution < -0.4 is 10.6 Å². The predicted octanol–water partition coefficient (Wildman–Crippen LogP) is 2.11. The summed E-state index contributed by atoms with van der Waals surface area (Å²) in [7, 11) is 0. The minimum atomic E-state index is 0.220. The molecule has 2 saturated heterocycles. The van der Waals surface area contributed by atoms with Crippen molar-refractivity contribution in [2.24, 2.45) is 0 Å². The molecule has 0 radical (unpaired) electrons. The van der Waals surface area contributed by atoms with Gasteiger partial charge < -0.3 is 19.9 Å². The van der Waals surface area contributed by atoms with Crippen LogP contribution in [-0.2, 0) is 11.3 Å². The summed E-state index contributed by atoms with van der Waals surface area (Å²) in [6.45, 7) is 3.64. The lowest BCUT2D eigenvalue weighted by Crippen LogP contribution is -2.33. The van der Waals surface area contributed by atoms with Gasteiger partial charge in [0.1, 0.15) is 17.6 Å². The quantitative estimate of drug-likeness (QED) is 0.916. The number of nitrogens with two attached hydrogens (primary N) is 1. The molecule has 2 aliphatic rings. The molecule has 1 atom stereocenters. The van der Waals surface area contributed by atoms with Gasteiger partial charge in [0.15, 0.2) is 0 Å². The fourth-order valence-corrected chi connectivity index (χ4v) is 3.29. The molecule has 3 rings (SSSR count). The van der Waals surface area contributed by atoms with E-state index in [4.69, 9.17) is 10.5 Å². The average Bonchev–Trinajstić information content (AvgIpc) is 3.08. The van der Waals surface area contributed by atoms with Crippen LogP contribution in [0.5, 0.6) is 0 Å². The van der Waals surface area contributed by atoms with Gasteiger partial charge in [-0.1, -0.05) is 0 Å². The van der Waals surface area contributed by atoms with Gasteiger partial charge in [-0.2, -0.15) is 5.26 Å². The first-order valence-corrected chi connectivity index (χ1v) is 7.55. The van der Waals surface area contributed by atoms with E-state index in [1.165, 1.54) is 19.3 Å². The highest BCUT2D eigenvalue weighted by Crippen LogP contribution is 2.31. The van der Waals surface area contributed by atoms with Crippen LogP contribution in [0.2, 0.25) is 0 Å². The molecular weight excluding hydrogens is 252 g/mol. The van der Waals surface area contributed by atoms with Crippen LogP contribution in [0.15, 0.2) is 6.07 Å². The molecule has 0 aliphatic carbocycles. The second kappa shape index (κ2) is 5.76. The van der Waals surface area contributed by atoms with Gasteiger partial charge in [-0.3, -0.25) is 0 Å². The van der Waals surface area contributed by atoms with Gasteiger partial charge in [0.25, 0.3) is 0 Å². The number of hydrogen-bond donors (Lipinski definition) is 1. The molecule has 0 unspecified atom stereocenters. The Kier molecular flexibility index (Phi) is 3.83. The molecule has 0 spiro atoms. The number of anilines is 2. The van der Waals surface area contributed by atoms with E-state index in [1.54, 1.807) is 6.07 Å². The van der Waals surface area contributed by atoms with Crippen LogP contribution in [0.1, 0.15) is 37.8 Å². The minimum Gasteiger partial charge on any atom is -0.396 e. The maximum atomic E-state index is 9.34. The van der Waals surface area contributed by atoms with Gasteiger partial charge in [0.05, 0.1) is 18.3 Å². The van der Waals surface area contributed by atoms with Crippen LogP contribution in [0.25, 0.3) is 0 Å². The predicted molar refractivity (Wildman–Crippen MR) is 78.6 cm³/mol. The third-order valence-corrected chi connectivity index (χ3v) is 4.28. The third kappa shape index (κ3) is 2.48. The molecular formula is C15H22N4O. The maximum absolute atomic E-state index is 9.34. The van der Waals surface area contributed by atoms with E-state index in [-0.39, 0.29) is 6.10 Å². The lowest BCUT2D eigenvalue weighted by molar-refractivity contribution is 0.0971. The summed E-state index contributed by atoms with van der Waals surface area (Å²) in [4.78, 5) is 2.33. The first-order chi connectivity index (χ1) is 9.79. The van der Waals surface area contributed by atoms with Gasteiger partial charge in [-0.25, -0.2) is 0 Å². The summed E-state index contributed by atoms with van der Waals surface area (Å²) in [5.41, 5.74) is 7.54. The molecule has 0 saturated carbocycles. The third-order valence-electron chi connectivity index (χ3n) is 4.28. The highest BCUT2D eigenvalue weighted by molar-refractivity contribution is 5.68. The lowest BCUT2D eigenvalue weighted by atomic mass is 10.1. The Hall–Kier alpha value is -1.67. The van der Waals surface area contributed by atoms with Crippen molar-refractivity contribution in [2.75, 3.05) is 30.3 Å². The van der Waals surface area contributed by atoms with E-state index < -0.39 is 0 Å². The molecule has 0 bridgehead atoms. The van der Waals surface area contributed by atoms with Crippen molar-refractivity contribution in [1.82, 2.24) is 4.57 Å². The molecule has 2 aliphatic heterocycles. The largest absolute Gasteiger partial charge is 0.396 e. The van der Waals surface area contributed by atoms with E-state index in [2.05, 4.69) is 15.5 Å². The van der Waals surface area contributed by atoms with Crippen molar-refractivity contribution in [1.29, 1.82) is 5.26 Å². The van der Waals surface area contributed by atoms with Crippen LogP contribution in [0.3, 0.4) is 0 Å². The normalized spacial score (nSPS) is 22.9. The number of ether oxygens (including phenoxy) is 1. The standard InChI is InChI=1S/C15H22N4O/c16-10-12-9-14(17)15(18-6-2-1-3-7-18)19(12)11-13-5-4-8-20-13/h9,13H,1-8,11,17H2/t13-/m1/s1. The Bertz CT molecular complexity index is 505. The Balaban J connectivity index is 1.90. The summed E-state index contributed by atoms with van der Waals surface area (Å²) in [5, 5.41) is 9.34. The number of nitrogen functional groups attached to an aromatic ring is 1. The van der Waals surface area contributed by atoms with Gasteiger partial charge in [-0.05, 0) is 38.2 Å². The van der Waals surface area contributed by atoms with Crippen molar-refractivity contribution >= 4 is 11.5 Å². The van der Waals surface area contributed by atoms with Crippen LogP contribution >= 0.6 is 0 Å². The van der Waals surface area contributed by atoms with Gasteiger partial charge in [0, 0.05) is 19.7 Å². The van der Waals surface area contributed by atoms with Crippen molar-refractivity contribution in [3.8, 4) is 6.07 Å². The second-order valence-electron chi connectivity index (χ2n) is 5.71. The SMILES string of the molecule is N#Cc1cc(N)c(N2CCCCC2)n1C[C@H]1CCCO1. The number of aromatic nitrogens is 1. The Labute approximate surface area is 119 Å². The highest BCUT2D eigenvalue weighted by atomic mass is 16.5. The molecule has 5 nitrogen and oxygen atoms in total. The zero-order valence-corrected chi connectivity index (χ0v) is 11.8. The molecule has 1 aromatic heterocycles. The first kappa shape index (κ1) is 13.3. The first-order valence-electron chi connectivity index (χ1n) is 7.55. The Morgan fingerprint density at radius 2 is 2.10 bits per heavy atom. The Morgan fingerprint density at radius 1 is 1.30 bits per heavy atom. The summed E-state index contributed by atoms with van der Waals surface area (Å²) in [5.74, 6) is 1.02. The van der Waals surface area contributed by atoms with Gasteiger partial charge in [-0.15, -0.1) is 0 Å². The fraction of sp³-hybridized carbons (Fsp3) is 0.667. The number of nitriles is 1. The number of piperidine rings is 1. The number of rotatable bonds is 3. The van der Waals surface area contributed by atoms with Crippen LogP contribution in [0.4, 0.5) is 11.5 Å². The smallest absolute Gasteiger partial charge is 0.133 e. The zero-order chi connectivity index (χ0) is 13.9. The summed E-state index contributed by atoms with van der Waals surface area (Å²) in [6, 6.07) is 4.08. The van der Waals surface area contributed by atoms with Gasteiger partial charge in [0.2, 0.25) is 0 Å². The molecule has 0 aromatic carbocycles. The molecule has 2 fully saturated rings. The van der Waals surface area contributed by atoms with E-state index >= 15 is 0 Å². The highest BCUT2D eigenvalue weighted by Gasteiger charge is 2.24. The molecule has 1 aromatic rings. The monoisotopic (exact) mass is 274 g/mol. The van der Waals surface area contributed by atoms with E-state index in [9.17, 15) is 5.26 Å². The van der Waals surface area contributed by atoms with Crippen LogP contribution in [0, 0.1) is 11.3 Å². The number of hydrogen-bond acceptors (Lipinski definition) is 4. The van der Waals surface area contributed by atoms with E-state index in [0.717, 1.165) is 50.6 Å². The van der Waals surface area contributed by atoms with Crippen molar-refractivity contribution < 1.29 is 4.74 Å². The van der Waals surface area contributed by atoms with Crippen LogP contribution in [-0.4, -0.2) is 30.4 Å². The summed E-state index contributed by atoms with van der Waals surface area (Å²) in [6.07, 6.45) is 6.09. The molecule has 5 heteroatoms. The maximum Gasteiger partial charge on any atom is 0.133 e. The lowest BCUT2D eigenvalue weighted by Gasteiger charge is -2.31. The summed E-state index contributed by atoms with van der Waals surface area (Å²) < 4.78 is 7.78. The Morgan fingerprint density at radius 3 is 2.75 bits per heavy atom. The van der Waals surface area contributed by atoms with Gasteiger partial charge >= 0.3 is 0 Å². The summed E-state index contributed by atoms with van der Waals surface area (Å²) >= 11 is 0. The second-order valence-corrected chi connectivity index (χ2v) is 5.71. The van der Waals surface area contributed by atoms with E-state index in [1.807, 2.05) is 0 Å². The zero-order valence-electron chi connectivity index (χ0n) is 11.8. The minimum absolute atomic E-state index is 0.220. The molecule has 20 heavy (non-hydrogen) atoms. The number of nitrogens with zero attached hydrogens (tertiary/aromatic N) is 3. The van der Waals surface area contributed by atoms with Crippen molar-refractivity contribution in [3.63, 3.8) is 0 Å². The molecule has 108 valence electrons. The average molecular weight is 274 g/mol. The molecule has 2 N–H and O–H groups in total.